The molecular formula is C29H26N2O6S. The number of ketones is 1. The fraction of sp³-hybridized carbons (Fsp3) is 0.207. The number of amides is 1. The lowest BCUT2D eigenvalue weighted by atomic mass is 9.95. The highest BCUT2D eigenvalue weighted by Gasteiger charge is 2.48. The number of benzene rings is 3. The van der Waals surface area contributed by atoms with Gasteiger partial charge in [0.25, 0.3) is 5.78 Å². The molecule has 1 aliphatic heterocycles. The fourth-order valence-electron chi connectivity index (χ4n) is 4.44. The molecule has 1 unspecified atom stereocenters. The molecule has 0 aliphatic carbocycles. The van der Waals surface area contributed by atoms with Gasteiger partial charge in [0.15, 0.2) is 5.13 Å². The highest BCUT2D eigenvalue weighted by Crippen LogP contribution is 2.45. The van der Waals surface area contributed by atoms with Gasteiger partial charge in [0.1, 0.15) is 23.0 Å². The van der Waals surface area contributed by atoms with Crippen LogP contribution in [0.4, 0.5) is 5.13 Å². The molecule has 0 spiro atoms. The molecule has 38 heavy (non-hydrogen) atoms. The number of thiazole rings is 1. The molecule has 1 saturated heterocycles. The Bertz CT molecular complexity index is 1540. The molecule has 5 rings (SSSR count). The molecular weight excluding hydrogens is 504 g/mol. The average Bonchev–Trinajstić information content (AvgIpc) is 3.47. The van der Waals surface area contributed by atoms with E-state index in [4.69, 9.17) is 14.2 Å². The van der Waals surface area contributed by atoms with Crippen LogP contribution < -0.4 is 19.1 Å². The van der Waals surface area contributed by atoms with E-state index in [1.54, 1.807) is 48.5 Å². The summed E-state index contributed by atoms with van der Waals surface area (Å²) < 4.78 is 17.3. The summed E-state index contributed by atoms with van der Waals surface area (Å²) in [6.45, 7) is 4.82. The highest BCUT2D eigenvalue weighted by molar-refractivity contribution is 7.22. The number of methoxy groups -OCH3 is 1. The zero-order valence-electron chi connectivity index (χ0n) is 21.1. The number of anilines is 1. The molecule has 0 saturated carbocycles. The summed E-state index contributed by atoms with van der Waals surface area (Å²) in [6.07, 6.45) is 0. The van der Waals surface area contributed by atoms with Crippen molar-refractivity contribution < 1.29 is 28.9 Å². The van der Waals surface area contributed by atoms with E-state index in [9.17, 15) is 14.7 Å². The lowest BCUT2D eigenvalue weighted by Crippen LogP contribution is -2.29. The van der Waals surface area contributed by atoms with E-state index in [0.29, 0.717) is 52.2 Å². The number of Topliss-reactive ketones (excluding diaryl/α,β-unsaturated/α-hetero) is 1. The molecule has 2 heterocycles. The van der Waals surface area contributed by atoms with Crippen LogP contribution >= 0.6 is 11.3 Å². The third-order valence-electron chi connectivity index (χ3n) is 6.16. The number of rotatable bonds is 8. The third-order valence-corrected chi connectivity index (χ3v) is 7.18. The Kier molecular flexibility index (Phi) is 7.02. The summed E-state index contributed by atoms with van der Waals surface area (Å²) in [6, 6.07) is 18.4. The topological polar surface area (TPSA) is 98.2 Å². The van der Waals surface area contributed by atoms with Gasteiger partial charge in [-0.1, -0.05) is 35.6 Å². The number of aromatic nitrogens is 1. The van der Waals surface area contributed by atoms with Crippen molar-refractivity contribution in [2.75, 3.05) is 25.2 Å². The Morgan fingerprint density at radius 2 is 1.66 bits per heavy atom. The largest absolute Gasteiger partial charge is 0.507 e. The van der Waals surface area contributed by atoms with Gasteiger partial charge >= 0.3 is 5.91 Å². The van der Waals surface area contributed by atoms with E-state index >= 15 is 0 Å². The number of carbonyl (C=O) groups excluding carboxylic acids is 2. The highest BCUT2D eigenvalue weighted by atomic mass is 32.1. The molecule has 1 aromatic heterocycles. The van der Waals surface area contributed by atoms with Gasteiger partial charge in [-0.2, -0.15) is 0 Å². The molecule has 1 amide bonds. The molecule has 1 atom stereocenters. The number of hydrogen-bond donors (Lipinski definition) is 1. The molecule has 0 bridgehead atoms. The molecule has 0 radical (unpaired) electrons. The second-order valence-corrected chi connectivity index (χ2v) is 9.47. The summed E-state index contributed by atoms with van der Waals surface area (Å²) in [5.41, 5.74) is 1.64. The van der Waals surface area contributed by atoms with Gasteiger partial charge in [-0.05, 0) is 61.9 Å². The molecule has 3 aromatic carbocycles. The monoisotopic (exact) mass is 530 g/mol. The molecule has 4 aromatic rings. The first-order valence-electron chi connectivity index (χ1n) is 12.2. The number of hydrogen-bond acceptors (Lipinski definition) is 8. The Morgan fingerprint density at radius 1 is 0.947 bits per heavy atom. The van der Waals surface area contributed by atoms with Gasteiger partial charge in [-0.25, -0.2) is 4.98 Å². The molecule has 194 valence electrons. The van der Waals surface area contributed by atoms with Crippen LogP contribution in [0, 0.1) is 0 Å². The number of aliphatic hydroxyl groups excluding tert-OH is 1. The Labute approximate surface area is 223 Å². The van der Waals surface area contributed by atoms with Gasteiger partial charge in [0.2, 0.25) is 0 Å². The Morgan fingerprint density at radius 3 is 2.37 bits per heavy atom. The van der Waals surface area contributed by atoms with Crippen LogP contribution in [0.1, 0.15) is 31.0 Å². The van der Waals surface area contributed by atoms with Crippen molar-refractivity contribution in [2.45, 2.75) is 19.9 Å². The van der Waals surface area contributed by atoms with Gasteiger partial charge in [-0.15, -0.1) is 0 Å². The first-order valence-corrected chi connectivity index (χ1v) is 13.0. The lowest BCUT2D eigenvalue weighted by Gasteiger charge is -2.23. The van der Waals surface area contributed by atoms with Crippen LogP contribution in [0.5, 0.6) is 17.2 Å². The molecule has 1 aliphatic rings. The van der Waals surface area contributed by atoms with E-state index in [-0.39, 0.29) is 11.3 Å². The van der Waals surface area contributed by atoms with E-state index in [1.165, 1.54) is 23.3 Å². The number of carbonyl (C=O) groups is 2. The van der Waals surface area contributed by atoms with Gasteiger partial charge in [0, 0.05) is 5.56 Å². The van der Waals surface area contributed by atoms with Gasteiger partial charge in [0.05, 0.1) is 42.2 Å². The summed E-state index contributed by atoms with van der Waals surface area (Å²) in [4.78, 5) is 33.0. The Balaban J connectivity index is 1.67. The predicted molar refractivity (Wildman–Crippen MR) is 146 cm³/mol. The van der Waals surface area contributed by atoms with E-state index in [2.05, 4.69) is 4.98 Å². The van der Waals surface area contributed by atoms with Crippen molar-refractivity contribution in [1.29, 1.82) is 0 Å². The molecule has 8 nitrogen and oxygen atoms in total. The first kappa shape index (κ1) is 25.3. The predicted octanol–water partition coefficient (Wildman–Crippen LogP) is 5.73. The normalized spacial score (nSPS) is 16.7. The van der Waals surface area contributed by atoms with Crippen molar-refractivity contribution in [3.05, 3.63) is 83.4 Å². The zero-order chi connectivity index (χ0) is 26.8. The molecule has 9 heteroatoms. The smallest absolute Gasteiger partial charge is 0.301 e. The van der Waals surface area contributed by atoms with Crippen molar-refractivity contribution in [3.63, 3.8) is 0 Å². The minimum absolute atomic E-state index is 0.0262. The fourth-order valence-corrected chi connectivity index (χ4v) is 5.46. The van der Waals surface area contributed by atoms with Crippen molar-refractivity contribution in [3.8, 4) is 17.2 Å². The average molecular weight is 531 g/mol. The van der Waals surface area contributed by atoms with Crippen LogP contribution in [0.25, 0.3) is 16.0 Å². The zero-order valence-corrected chi connectivity index (χ0v) is 22.0. The SMILES string of the molecule is CCOc1ccc(C2/C(=C(\O)c3cccc(OC)c3)C(=O)C(=O)N2c2nc3ccc(OCC)cc3s2)cc1. The van der Waals surface area contributed by atoms with Crippen molar-refractivity contribution in [1.82, 2.24) is 4.98 Å². The minimum atomic E-state index is -0.899. The van der Waals surface area contributed by atoms with E-state index in [1.807, 2.05) is 32.0 Å². The Hall–Kier alpha value is -4.37. The van der Waals surface area contributed by atoms with Crippen LogP contribution in [-0.4, -0.2) is 42.1 Å². The second kappa shape index (κ2) is 10.5. The number of ether oxygens (including phenoxy) is 3. The summed E-state index contributed by atoms with van der Waals surface area (Å²) in [7, 11) is 1.52. The number of aliphatic hydroxyl groups is 1. The van der Waals surface area contributed by atoms with E-state index in [0.717, 1.165) is 4.70 Å². The van der Waals surface area contributed by atoms with Crippen LogP contribution in [0.15, 0.2) is 72.3 Å². The number of fused-ring (bicyclic) bond motifs is 1. The first-order chi connectivity index (χ1) is 18.4. The third kappa shape index (κ3) is 4.56. The van der Waals surface area contributed by atoms with E-state index < -0.39 is 17.7 Å². The summed E-state index contributed by atoms with van der Waals surface area (Å²) in [5, 5.41) is 11.7. The number of nitrogens with zero attached hydrogens (tertiary/aromatic N) is 2. The van der Waals surface area contributed by atoms with Crippen LogP contribution in [0.3, 0.4) is 0 Å². The van der Waals surface area contributed by atoms with Crippen LogP contribution in [-0.2, 0) is 9.59 Å². The van der Waals surface area contributed by atoms with Gasteiger partial charge < -0.3 is 19.3 Å². The van der Waals surface area contributed by atoms with Gasteiger partial charge in [-0.3, -0.25) is 14.5 Å². The summed E-state index contributed by atoms with van der Waals surface area (Å²) in [5.74, 6) is 0.0132. The summed E-state index contributed by atoms with van der Waals surface area (Å²) >= 11 is 1.28. The maximum Gasteiger partial charge on any atom is 0.301 e. The molecule has 1 fully saturated rings. The maximum absolute atomic E-state index is 13.5. The minimum Gasteiger partial charge on any atom is -0.507 e. The van der Waals surface area contributed by atoms with Crippen molar-refractivity contribution >= 4 is 44.1 Å². The standard InChI is InChI=1S/C29H26N2O6S/c1-4-36-19-11-9-17(10-12-19)25-24(26(32)18-7-6-8-20(15-18)35-3)27(33)28(34)31(25)29-30-22-14-13-21(37-5-2)16-23(22)38-29/h6-16,25,32H,4-5H2,1-3H3/b26-24+. The quantitative estimate of drug-likeness (QED) is 0.177. The second-order valence-electron chi connectivity index (χ2n) is 8.46. The van der Waals surface area contributed by atoms with Crippen LogP contribution in [0.2, 0.25) is 0 Å². The van der Waals surface area contributed by atoms with Crippen molar-refractivity contribution in [2.24, 2.45) is 0 Å². The lowest BCUT2D eigenvalue weighted by molar-refractivity contribution is -0.132. The molecule has 1 N–H and O–H groups in total. The maximum atomic E-state index is 13.5.